The Labute approximate surface area is 245 Å². The first-order valence-electron chi connectivity index (χ1n) is 11.9. The fourth-order valence-electron chi connectivity index (χ4n) is 4.59. The summed E-state index contributed by atoms with van der Waals surface area (Å²) in [6.07, 6.45) is -0.276. The molecule has 9 nitrogen and oxygen atoms in total. The van der Waals surface area contributed by atoms with Crippen molar-refractivity contribution in [1.29, 1.82) is 0 Å². The summed E-state index contributed by atoms with van der Waals surface area (Å²) in [5, 5.41) is 9.76. The van der Waals surface area contributed by atoms with Crippen molar-refractivity contribution < 1.29 is 21.6 Å². The number of sulfonamides is 1. The summed E-state index contributed by atoms with van der Waals surface area (Å²) < 4.78 is 59.7. The van der Waals surface area contributed by atoms with E-state index in [1.165, 1.54) is 10.5 Å². The maximum absolute atomic E-state index is 13.9. The Balaban J connectivity index is 0.00000178. The molecule has 15 heteroatoms. The number of pyridine rings is 1. The third kappa shape index (κ3) is 7.36. The summed E-state index contributed by atoms with van der Waals surface area (Å²) in [4.78, 5) is 6.74. The predicted molar refractivity (Wildman–Crippen MR) is 152 cm³/mol. The third-order valence-corrected chi connectivity index (χ3v) is 9.04. The summed E-state index contributed by atoms with van der Waals surface area (Å²) in [5.74, 6) is -0.827. The lowest BCUT2D eigenvalue weighted by Crippen LogP contribution is -2.59. The quantitative estimate of drug-likeness (QED) is 0.392. The van der Waals surface area contributed by atoms with Gasteiger partial charge in [0.25, 0.3) is 5.89 Å². The van der Waals surface area contributed by atoms with Crippen LogP contribution in [0.3, 0.4) is 0 Å². The van der Waals surface area contributed by atoms with Gasteiger partial charge in [0.15, 0.2) is 0 Å². The van der Waals surface area contributed by atoms with Crippen molar-refractivity contribution in [2.24, 2.45) is 0 Å². The third-order valence-electron chi connectivity index (χ3n) is 6.78. The highest BCUT2D eigenvalue weighted by atomic mass is 35.5. The van der Waals surface area contributed by atoms with E-state index in [9.17, 15) is 17.2 Å². The minimum absolute atomic E-state index is 0. The monoisotopic (exact) mass is 626 g/mol. The van der Waals surface area contributed by atoms with Crippen molar-refractivity contribution in [3.63, 3.8) is 0 Å². The molecule has 5 rings (SSSR count). The lowest BCUT2D eigenvalue weighted by Gasteiger charge is -2.42. The summed E-state index contributed by atoms with van der Waals surface area (Å²) >= 11 is 0. The van der Waals surface area contributed by atoms with E-state index in [2.05, 4.69) is 25.4 Å². The smallest absolute Gasteiger partial charge is 0.314 e. The molecule has 0 saturated carbocycles. The first kappa shape index (κ1) is 33.1. The van der Waals surface area contributed by atoms with Crippen LogP contribution < -0.4 is 9.62 Å². The number of hydrogen-bond acceptors (Lipinski definition) is 8. The van der Waals surface area contributed by atoms with Gasteiger partial charge in [0, 0.05) is 25.3 Å². The molecule has 3 aromatic rings. The number of halogens is 5. The lowest BCUT2D eigenvalue weighted by atomic mass is 10.0. The van der Waals surface area contributed by atoms with Gasteiger partial charge in [-0.25, -0.2) is 8.42 Å². The van der Waals surface area contributed by atoms with E-state index in [0.717, 1.165) is 31.7 Å². The molecule has 0 aliphatic carbocycles. The van der Waals surface area contributed by atoms with Gasteiger partial charge in [-0.1, -0.05) is 12.1 Å². The van der Waals surface area contributed by atoms with Crippen LogP contribution in [0, 0.1) is 6.92 Å². The molecule has 2 aliphatic heterocycles. The van der Waals surface area contributed by atoms with Crippen LogP contribution in [0.5, 0.6) is 0 Å². The van der Waals surface area contributed by atoms with Crippen molar-refractivity contribution >= 4 is 52.9 Å². The number of hydrogen-bond donors (Lipinski definition) is 1. The highest BCUT2D eigenvalue weighted by Gasteiger charge is 2.37. The Morgan fingerprint density at radius 3 is 2.36 bits per heavy atom. The number of alkyl halides is 2. The second kappa shape index (κ2) is 14.0. The minimum Gasteiger partial charge on any atom is -0.415 e. The van der Waals surface area contributed by atoms with Gasteiger partial charge < -0.3 is 9.73 Å². The number of aryl methyl sites for hydroxylation is 1. The van der Waals surface area contributed by atoms with E-state index in [-0.39, 0.29) is 49.7 Å². The van der Waals surface area contributed by atoms with Crippen LogP contribution >= 0.6 is 37.2 Å². The van der Waals surface area contributed by atoms with E-state index in [0.29, 0.717) is 35.8 Å². The van der Waals surface area contributed by atoms with Crippen molar-refractivity contribution in [2.75, 3.05) is 30.5 Å². The maximum Gasteiger partial charge on any atom is 0.314 e. The zero-order valence-electron chi connectivity index (χ0n) is 21.1. The molecule has 1 N–H and O–H groups in total. The molecule has 2 saturated heterocycles. The van der Waals surface area contributed by atoms with Gasteiger partial charge in [0.2, 0.25) is 15.9 Å². The van der Waals surface area contributed by atoms with Gasteiger partial charge in [0.05, 0.1) is 28.7 Å². The minimum atomic E-state index is -3.67. The molecular weight excluding hydrogens is 597 g/mol. The van der Waals surface area contributed by atoms with Gasteiger partial charge in [-0.05, 0) is 62.7 Å². The summed E-state index contributed by atoms with van der Waals surface area (Å²) in [7, 11) is -3.67. The van der Waals surface area contributed by atoms with Gasteiger partial charge >= 0.3 is 6.43 Å². The zero-order chi connectivity index (χ0) is 25.3. The van der Waals surface area contributed by atoms with Crippen molar-refractivity contribution in [1.82, 2.24) is 25.4 Å². The SMILES string of the molecule is Cc1cccc(N(Cc2ccc(-c3nnc(C(F)F)o3)cn2)S(=O)(=O)C2CCN(C3CNC3)CC2)c1.Cl.Cl.Cl. The number of nitrogens with one attached hydrogen (secondary N) is 1. The van der Waals surface area contributed by atoms with Crippen molar-refractivity contribution in [3.05, 3.63) is 59.7 Å². The number of likely N-dealkylation sites (tertiary alicyclic amines) is 1. The van der Waals surface area contributed by atoms with Crippen LogP contribution in [0.1, 0.15) is 36.4 Å². The van der Waals surface area contributed by atoms with E-state index >= 15 is 0 Å². The second-order valence-corrected chi connectivity index (χ2v) is 11.4. The van der Waals surface area contributed by atoms with Gasteiger partial charge in [-0.3, -0.25) is 14.2 Å². The highest BCUT2D eigenvalue weighted by Crippen LogP contribution is 2.30. The summed E-state index contributed by atoms with van der Waals surface area (Å²) in [6.45, 7) is 5.41. The molecule has 1 aromatic carbocycles. The van der Waals surface area contributed by atoms with E-state index in [1.54, 1.807) is 18.2 Å². The van der Waals surface area contributed by atoms with Crippen LogP contribution in [-0.4, -0.2) is 66.0 Å². The molecule has 0 spiro atoms. The number of rotatable bonds is 8. The number of piperidine rings is 1. The second-order valence-electron chi connectivity index (χ2n) is 9.22. The molecule has 0 unspecified atom stereocenters. The lowest BCUT2D eigenvalue weighted by molar-refractivity contribution is 0.116. The first-order chi connectivity index (χ1) is 17.3. The molecule has 0 amide bonds. The van der Waals surface area contributed by atoms with E-state index in [1.807, 2.05) is 25.1 Å². The predicted octanol–water partition coefficient (Wildman–Crippen LogP) is 4.42. The normalized spacial score (nSPS) is 16.5. The molecule has 216 valence electrons. The molecule has 2 aromatic heterocycles. The molecular formula is C24H31Cl3F2N6O3S. The molecule has 0 bridgehead atoms. The Morgan fingerprint density at radius 1 is 1.10 bits per heavy atom. The molecule has 0 atom stereocenters. The zero-order valence-corrected chi connectivity index (χ0v) is 24.3. The van der Waals surface area contributed by atoms with Crippen molar-refractivity contribution in [2.45, 2.75) is 44.0 Å². The Kier molecular flexibility index (Phi) is 11.9. The average molecular weight is 628 g/mol. The average Bonchev–Trinajstić information content (AvgIpc) is 3.33. The van der Waals surface area contributed by atoms with Gasteiger partial charge in [0.1, 0.15) is 0 Å². The molecule has 0 radical (unpaired) electrons. The van der Waals surface area contributed by atoms with E-state index in [4.69, 9.17) is 4.42 Å². The topological polar surface area (TPSA) is 104 Å². The Morgan fingerprint density at radius 2 is 1.82 bits per heavy atom. The molecule has 39 heavy (non-hydrogen) atoms. The van der Waals surface area contributed by atoms with Crippen LogP contribution in [-0.2, 0) is 16.6 Å². The van der Waals surface area contributed by atoms with Gasteiger partial charge in [-0.15, -0.1) is 47.4 Å². The molecule has 2 fully saturated rings. The Hall–Kier alpha value is -2.09. The largest absolute Gasteiger partial charge is 0.415 e. The number of aromatic nitrogens is 3. The van der Waals surface area contributed by atoms with Crippen LogP contribution in [0.2, 0.25) is 0 Å². The molecule has 2 aliphatic rings. The fraction of sp³-hybridized carbons (Fsp3) is 0.458. The summed E-state index contributed by atoms with van der Waals surface area (Å²) in [6, 6.07) is 11.2. The Bertz CT molecular complexity index is 1300. The maximum atomic E-state index is 13.9. The van der Waals surface area contributed by atoms with Gasteiger partial charge in [-0.2, -0.15) is 8.78 Å². The standard InChI is InChI=1S/C24H28F2N6O3S.3ClH/c1-16-3-2-4-19(11-16)32(36(33,34)21-7-9-31(10-8-21)20-13-27-14-20)15-18-6-5-17(12-28-18)23-29-30-24(35-23)22(25)26;;;/h2-6,11-12,20-22,27H,7-10,13-15H2,1H3;3*1H. The van der Waals surface area contributed by atoms with E-state index < -0.39 is 27.6 Å². The number of anilines is 1. The van der Waals surface area contributed by atoms with Crippen LogP contribution in [0.25, 0.3) is 11.5 Å². The first-order valence-corrected chi connectivity index (χ1v) is 13.4. The summed E-state index contributed by atoms with van der Waals surface area (Å²) in [5.41, 5.74) is 2.43. The number of nitrogens with zero attached hydrogens (tertiary/aromatic N) is 5. The highest BCUT2D eigenvalue weighted by molar-refractivity contribution is 7.93. The van der Waals surface area contributed by atoms with Crippen LogP contribution in [0.15, 0.2) is 47.0 Å². The number of benzene rings is 1. The fourth-order valence-corrected chi connectivity index (χ4v) is 6.48. The van der Waals surface area contributed by atoms with Crippen molar-refractivity contribution in [3.8, 4) is 11.5 Å². The van der Waals surface area contributed by atoms with Crippen LogP contribution in [0.4, 0.5) is 14.5 Å². The molecule has 4 heterocycles.